The Kier molecular flexibility index (Phi) is 6.74. The van der Waals surface area contributed by atoms with Crippen LogP contribution >= 0.6 is 0 Å². The van der Waals surface area contributed by atoms with E-state index in [0.29, 0.717) is 22.6 Å². The van der Waals surface area contributed by atoms with Gasteiger partial charge in [0, 0.05) is 5.69 Å². The number of anilines is 1. The van der Waals surface area contributed by atoms with Gasteiger partial charge >= 0.3 is 17.8 Å². The van der Waals surface area contributed by atoms with E-state index in [-0.39, 0.29) is 0 Å². The average molecular weight is 451 g/mol. The molecule has 2 amide bonds. The Morgan fingerprint density at radius 3 is 2.35 bits per heavy atom. The second kappa shape index (κ2) is 10.2. The molecule has 0 radical (unpaired) electrons. The van der Waals surface area contributed by atoms with Gasteiger partial charge in [0.25, 0.3) is 0 Å². The SMILES string of the molecule is Cc1cccc(NC(=O)C(=O)N/N=C/c2ccc(OC(=O)c3cccc4ccccc34)cc2)c1. The van der Waals surface area contributed by atoms with Crippen LogP contribution < -0.4 is 15.5 Å². The maximum Gasteiger partial charge on any atom is 0.344 e. The fourth-order valence-corrected chi connectivity index (χ4v) is 3.31. The molecule has 0 fully saturated rings. The summed E-state index contributed by atoms with van der Waals surface area (Å²) in [5, 5.41) is 8.09. The number of rotatable bonds is 5. The molecule has 0 spiro atoms. The highest BCUT2D eigenvalue weighted by Crippen LogP contribution is 2.21. The third-order valence-electron chi connectivity index (χ3n) is 4.96. The van der Waals surface area contributed by atoms with Gasteiger partial charge in [-0.1, -0.05) is 48.5 Å². The van der Waals surface area contributed by atoms with Crippen molar-refractivity contribution in [1.29, 1.82) is 0 Å². The lowest BCUT2D eigenvalue weighted by Gasteiger charge is -2.07. The minimum atomic E-state index is -0.890. The Morgan fingerprint density at radius 1 is 0.824 bits per heavy atom. The van der Waals surface area contributed by atoms with Gasteiger partial charge in [-0.3, -0.25) is 9.59 Å². The van der Waals surface area contributed by atoms with Gasteiger partial charge in [-0.25, -0.2) is 10.2 Å². The number of ether oxygens (including phenoxy) is 1. The zero-order valence-electron chi connectivity index (χ0n) is 18.3. The van der Waals surface area contributed by atoms with Gasteiger partial charge in [-0.05, 0) is 71.3 Å². The highest BCUT2D eigenvalue weighted by atomic mass is 16.5. The second-order valence-electron chi connectivity index (χ2n) is 7.51. The van der Waals surface area contributed by atoms with Crippen LogP contribution in [0.25, 0.3) is 10.8 Å². The largest absolute Gasteiger partial charge is 0.423 e. The number of carbonyl (C=O) groups excluding carboxylic acids is 3. The van der Waals surface area contributed by atoms with E-state index in [4.69, 9.17) is 4.74 Å². The smallest absolute Gasteiger partial charge is 0.344 e. The predicted octanol–water partition coefficient (Wildman–Crippen LogP) is 4.46. The molecule has 0 bridgehead atoms. The molecule has 0 aliphatic heterocycles. The van der Waals surface area contributed by atoms with E-state index < -0.39 is 17.8 Å². The third kappa shape index (κ3) is 5.52. The number of hydrogen-bond donors (Lipinski definition) is 2. The molecule has 168 valence electrons. The van der Waals surface area contributed by atoms with Crippen LogP contribution in [0, 0.1) is 6.92 Å². The zero-order chi connectivity index (χ0) is 23.9. The minimum Gasteiger partial charge on any atom is -0.423 e. The first-order chi connectivity index (χ1) is 16.5. The van der Waals surface area contributed by atoms with E-state index in [1.165, 1.54) is 6.21 Å². The minimum absolute atomic E-state index is 0.372. The van der Waals surface area contributed by atoms with Crippen LogP contribution in [0.3, 0.4) is 0 Å². The lowest BCUT2D eigenvalue weighted by Crippen LogP contribution is -2.32. The molecule has 4 aromatic carbocycles. The number of hydrogen-bond acceptors (Lipinski definition) is 5. The van der Waals surface area contributed by atoms with E-state index >= 15 is 0 Å². The summed E-state index contributed by atoms with van der Waals surface area (Å²) in [7, 11) is 0. The van der Waals surface area contributed by atoms with Crippen LogP contribution in [-0.2, 0) is 9.59 Å². The lowest BCUT2D eigenvalue weighted by molar-refractivity contribution is -0.136. The lowest BCUT2D eigenvalue weighted by atomic mass is 10.0. The molecule has 2 N–H and O–H groups in total. The van der Waals surface area contributed by atoms with Crippen molar-refractivity contribution in [2.45, 2.75) is 6.92 Å². The summed E-state index contributed by atoms with van der Waals surface area (Å²) in [6.07, 6.45) is 1.38. The Balaban J connectivity index is 1.33. The topological polar surface area (TPSA) is 96.9 Å². The molecule has 0 atom stereocenters. The van der Waals surface area contributed by atoms with Crippen molar-refractivity contribution < 1.29 is 19.1 Å². The van der Waals surface area contributed by atoms with Crippen LogP contribution in [-0.4, -0.2) is 24.0 Å². The molecule has 0 saturated carbocycles. The van der Waals surface area contributed by atoms with Crippen molar-refractivity contribution in [3.05, 3.63) is 108 Å². The zero-order valence-corrected chi connectivity index (χ0v) is 18.3. The van der Waals surface area contributed by atoms with E-state index in [1.54, 1.807) is 48.5 Å². The number of carbonyl (C=O) groups is 3. The maximum atomic E-state index is 12.6. The molecule has 7 heteroatoms. The van der Waals surface area contributed by atoms with Gasteiger partial charge in [0.2, 0.25) is 0 Å². The van der Waals surface area contributed by atoms with E-state index in [2.05, 4.69) is 15.8 Å². The van der Waals surface area contributed by atoms with Crippen LogP contribution in [0.1, 0.15) is 21.5 Å². The van der Waals surface area contributed by atoms with E-state index in [0.717, 1.165) is 16.3 Å². The first kappa shape index (κ1) is 22.4. The Morgan fingerprint density at radius 2 is 1.56 bits per heavy atom. The van der Waals surface area contributed by atoms with Crippen molar-refractivity contribution >= 4 is 40.5 Å². The van der Waals surface area contributed by atoms with Gasteiger partial charge in [0.1, 0.15) is 5.75 Å². The summed E-state index contributed by atoms with van der Waals surface area (Å²) in [5.41, 5.74) is 4.80. The number of esters is 1. The number of hydrazone groups is 1. The summed E-state index contributed by atoms with van der Waals surface area (Å²) in [6.45, 7) is 1.88. The maximum absolute atomic E-state index is 12.6. The van der Waals surface area contributed by atoms with Crippen molar-refractivity contribution in [1.82, 2.24) is 5.43 Å². The summed E-state index contributed by atoms with van der Waals surface area (Å²) < 4.78 is 5.50. The predicted molar refractivity (Wildman–Crippen MR) is 131 cm³/mol. The highest BCUT2D eigenvalue weighted by Gasteiger charge is 2.13. The van der Waals surface area contributed by atoms with Crippen LogP contribution in [0.2, 0.25) is 0 Å². The normalized spacial score (nSPS) is 10.7. The van der Waals surface area contributed by atoms with E-state index in [9.17, 15) is 14.4 Å². The molecule has 0 aliphatic rings. The molecule has 0 heterocycles. The summed E-state index contributed by atoms with van der Waals surface area (Å²) in [6, 6.07) is 26.8. The number of nitrogens with one attached hydrogen (secondary N) is 2. The van der Waals surface area contributed by atoms with Gasteiger partial charge in [0.05, 0.1) is 11.8 Å². The fraction of sp³-hybridized carbons (Fsp3) is 0.0370. The number of fused-ring (bicyclic) bond motifs is 1. The Labute approximate surface area is 196 Å². The Hall–Kier alpha value is -4.78. The first-order valence-corrected chi connectivity index (χ1v) is 10.5. The second-order valence-corrected chi connectivity index (χ2v) is 7.51. The molecular formula is C27H21N3O4. The number of amides is 2. The molecule has 0 saturated heterocycles. The van der Waals surface area contributed by atoms with Crippen LogP contribution in [0.4, 0.5) is 5.69 Å². The summed E-state index contributed by atoms with van der Waals surface area (Å²) >= 11 is 0. The Bertz CT molecular complexity index is 1390. The first-order valence-electron chi connectivity index (χ1n) is 10.5. The third-order valence-corrected chi connectivity index (χ3v) is 4.96. The van der Waals surface area contributed by atoms with Gasteiger partial charge in [0.15, 0.2) is 0 Å². The van der Waals surface area contributed by atoms with Crippen molar-refractivity contribution in [2.75, 3.05) is 5.32 Å². The molecular weight excluding hydrogens is 430 g/mol. The molecule has 0 unspecified atom stereocenters. The standard InChI is InChI=1S/C27H21N3O4/c1-18-6-4-9-21(16-18)29-25(31)26(32)30-28-17-19-12-14-22(15-13-19)34-27(33)24-11-5-8-20-7-2-3-10-23(20)24/h2-17H,1H3,(H,29,31)(H,30,32)/b28-17+. The van der Waals surface area contributed by atoms with Crippen molar-refractivity contribution in [3.63, 3.8) is 0 Å². The van der Waals surface area contributed by atoms with Crippen molar-refractivity contribution in [3.8, 4) is 5.75 Å². The van der Waals surface area contributed by atoms with Gasteiger partial charge < -0.3 is 10.1 Å². The molecule has 0 aromatic heterocycles. The average Bonchev–Trinajstić information content (AvgIpc) is 2.84. The molecule has 34 heavy (non-hydrogen) atoms. The number of benzene rings is 4. The molecule has 0 aliphatic carbocycles. The molecule has 4 aromatic rings. The number of nitrogens with zero attached hydrogens (tertiary/aromatic N) is 1. The summed E-state index contributed by atoms with van der Waals surface area (Å²) in [5.74, 6) is -1.79. The van der Waals surface area contributed by atoms with Crippen LogP contribution in [0.5, 0.6) is 5.75 Å². The molecule has 7 nitrogen and oxygen atoms in total. The monoisotopic (exact) mass is 451 g/mol. The number of aryl methyl sites for hydroxylation is 1. The summed E-state index contributed by atoms with van der Waals surface area (Å²) in [4.78, 5) is 36.5. The van der Waals surface area contributed by atoms with Gasteiger partial charge in [-0.15, -0.1) is 0 Å². The quantitative estimate of drug-likeness (QED) is 0.154. The van der Waals surface area contributed by atoms with Crippen LogP contribution in [0.15, 0.2) is 96.1 Å². The van der Waals surface area contributed by atoms with Gasteiger partial charge in [-0.2, -0.15) is 5.10 Å². The van der Waals surface area contributed by atoms with Crippen molar-refractivity contribution in [2.24, 2.45) is 5.10 Å². The highest BCUT2D eigenvalue weighted by molar-refractivity contribution is 6.39. The molecule has 4 rings (SSSR count). The fourth-order valence-electron chi connectivity index (χ4n) is 3.31. The van der Waals surface area contributed by atoms with E-state index in [1.807, 2.05) is 49.4 Å².